The Kier molecular flexibility index (Phi) is 10.5. The Morgan fingerprint density at radius 2 is 1.95 bits per heavy atom. The van der Waals surface area contributed by atoms with Gasteiger partial charge in [0, 0.05) is 31.6 Å². The Hall–Kier alpha value is -3.64. The van der Waals surface area contributed by atoms with Crippen LogP contribution in [0.25, 0.3) is 0 Å². The molecule has 0 fully saturated rings. The third kappa shape index (κ3) is 7.72. The number of hydrogen-bond donors (Lipinski definition) is 3. The number of hydrogen-bond acceptors (Lipinski definition) is 8. The van der Waals surface area contributed by atoms with Crippen LogP contribution >= 0.6 is 0 Å². The molecule has 3 atom stereocenters. The van der Waals surface area contributed by atoms with Crippen LogP contribution < -0.4 is 15.4 Å². The Morgan fingerprint density at radius 3 is 2.58 bits per heavy atom. The number of anilines is 2. The van der Waals surface area contributed by atoms with Crippen molar-refractivity contribution >= 4 is 29.2 Å². The van der Waals surface area contributed by atoms with Gasteiger partial charge < -0.3 is 39.7 Å². The number of aromatic nitrogens is 1. The van der Waals surface area contributed by atoms with Crippen LogP contribution in [0, 0.1) is 19.8 Å². The first-order valence-electron chi connectivity index (χ1n) is 13.5. The number of carbonyl (C=O) groups is 3. The topological polar surface area (TPSA) is 140 Å². The number of fused-ring (bicyclic) bond motifs is 1. The second kappa shape index (κ2) is 13.6. The first-order valence-corrected chi connectivity index (χ1v) is 13.5. The molecule has 0 saturated heterocycles. The largest absolute Gasteiger partial charge is 0.487 e. The average Bonchev–Trinajstić information content (AvgIpc) is 3.22. The van der Waals surface area contributed by atoms with Gasteiger partial charge in [-0.05, 0) is 66.0 Å². The fourth-order valence-electron chi connectivity index (χ4n) is 4.51. The number of aliphatic hydroxyl groups excluding tert-OH is 1. The third-order valence-corrected chi connectivity index (χ3v) is 7.02. The summed E-state index contributed by atoms with van der Waals surface area (Å²) in [4.78, 5) is 44.2. The molecule has 3 N–H and O–H groups in total. The maximum Gasteiger partial charge on any atom is 0.321 e. The number of likely N-dealkylation sites (N-methyl/N-ethyl adjacent to an activating group) is 1. The molecule has 0 aliphatic carbocycles. The average molecular weight is 559 g/mol. The predicted octanol–water partition coefficient (Wildman–Crippen LogP) is 2.96. The molecule has 1 aliphatic rings. The molecule has 3 rings (SSSR count). The van der Waals surface area contributed by atoms with Crippen LogP contribution in [0.1, 0.15) is 48.5 Å². The lowest BCUT2D eigenvalue weighted by atomic mass is 9.99. The van der Waals surface area contributed by atoms with Gasteiger partial charge in [-0.3, -0.25) is 9.59 Å². The van der Waals surface area contributed by atoms with Crippen LogP contribution in [-0.2, 0) is 4.79 Å². The van der Waals surface area contributed by atoms with Crippen LogP contribution in [0.4, 0.5) is 16.2 Å². The SMILES string of the molecule is Cc1noc(C)c1NC(=O)N(C)C[C@H]1Oc2ccc(NC(=O)CCCN(C)C)cc2C(=O)N([C@H](C)CO)C[C@H]1C. The number of rotatable bonds is 10. The first kappa shape index (κ1) is 30.9. The molecule has 1 aromatic carbocycles. The Balaban J connectivity index is 1.82. The summed E-state index contributed by atoms with van der Waals surface area (Å²) in [6.45, 7) is 8.33. The molecule has 12 nitrogen and oxygen atoms in total. The van der Waals surface area contributed by atoms with Crippen molar-refractivity contribution in [2.24, 2.45) is 5.92 Å². The minimum Gasteiger partial charge on any atom is -0.487 e. The molecule has 0 spiro atoms. The number of carbonyl (C=O) groups excluding carboxylic acids is 3. The number of nitrogens with zero attached hydrogens (tertiary/aromatic N) is 4. The molecule has 0 saturated carbocycles. The molecule has 1 aliphatic heterocycles. The molecule has 0 bridgehead atoms. The molecule has 1 aromatic heterocycles. The summed E-state index contributed by atoms with van der Waals surface area (Å²) in [7, 11) is 5.57. The summed E-state index contributed by atoms with van der Waals surface area (Å²) in [5.41, 5.74) is 1.88. The zero-order chi connectivity index (χ0) is 29.6. The van der Waals surface area contributed by atoms with Gasteiger partial charge >= 0.3 is 6.03 Å². The second-order valence-corrected chi connectivity index (χ2v) is 10.8. The fraction of sp³-hybridized carbons (Fsp3) is 0.571. The van der Waals surface area contributed by atoms with Crippen molar-refractivity contribution in [1.29, 1.82) is 0 Å². The summed E-state index contributed by atoms with van der Waals surface area (Å²) in [5.74, 6) is 0.254. The van der Waals surface area contributed by atoms with E-state index in [1.165, 1.54) is 4.90 Å². The third-order valence-electron chi connectivity index (χ3n) is 7.02. The van der Waals surface area contributed by atoms with E-state index in [4.69, 9.17) is 9.26 Å². The van der Waals surface area contributed by atoms with E-state index in [2.05, 4.69) is 15.8 Å². The normalized spacial score (nSPS) is 17.9. The minimum atomic E-state index is -0.466. The van der Waals surface area contributed by atoms with E-state index in [0.717, 1.165) is 6.54 Å². The van der Waals surface area contributed by atoms with Crippen molar-refractivity contribution in [3.05, 3.63) is 35.2 Å². The van der Waals surface area contributed by atoms with Crippen molar-refractivity contribution in [1.82, 2.24) is 19.9 Å². The molecule has 220 valence electrons. The van der Waals surface area contributed by atoms with Crippen molar-refractivity contribution in [3.63, 3.8) is 0 Å². The molecule has 0 unspecified atom stereocenters. The van der Waals surface area contributed by atoms with Gasteiger partial charge in [0.25, 0.3) is 5.91 Å². The number of urea groups is 1. The lowest BCUT2D eigenvalue weighted by molar-refractivity contribution is -0.116. The number of amides is 4. The molecule has 2 heterocycles. The predicted molar refractivity (Wildman–Crippen MR) is 152 cm³/mol. The lowest BCUT2D eigenvalue weighted by Gasteiger charge is -2.38. The van der Waals surface area contributed by atoms with E-state index in [9.17, 15) is 19.5 Å². The highest BCUT2D eigenvalue weighted by Gasteiger charge is 2.34. The van der Waals surface area contributed by atoms with E-state index >= 15 is 0 Å². The van der Waals surface area contributed by atoms with E-state index in [0.29, 0.717) is 48.0 Å². The summed E-state index contributed by atoms with van der Waals surface area (Å²) in [6.07, 6.45) is 0.604. The molecule has 2 aromatic rings. The molecule has 12 heteroatoms. The van der Waals surface area contributed by atoms with Crippen molar-refractivity contribution in [2.45, 2.75) is 52.7 Å². The standard InChI is InChI=1S/C28H42N6O6/c1-17-14-34(18(2)16-35)27(37)22-13-21(29-25(36)9-8-12-32(5)6)10-11-23(22)39-24(17)15-33(7)28(38)30-26-19(3)31-40-20(26)4/h10-11,13,17-18,24,35H,8-9,12,14-16H2,1-7H3,(H,29,36)(H,30,38)/t17-,18-,24-/m1/s1. The van der Waals surface area contributed by atoms with Gasteiger partial charge in [-0.15, -0.1) is 0 Å². The first-order chi connectivity index (χ1) is 18.9. The van der Waals surface area contributed by atoms with Crippen molar-refractivity contribution < 1.29 is 28.8 Å². The van der Waals surface area contributed by atoms with Crippen LogP contribution in [0.3, 0.4) is 0 Å². The maximum absolute atomic E-state index is 13.6. The van der Waals surface area contributed by atoms with Gasteiger partial charge in [-0.1, -0.05) is 12.1 Å². The summed E-state index contributed by atoms with van der Waals surface area (Å²) < 4.78 is 11.5. The van der Waals surface area contributed by atoms with Gasteiger partial charge in [0.15, 0.2) is 5.76 Å². The summed E-state index contributed by atoms with van der Waals surface area (Å²) in [5, 5.41) is 19.5. The van der Waals surface area contributed by atoms with E-state index in [-0.39, 0.29) is 42.5 Å². The monoisotopic (exact) mass is 558 g/mol. The highest BCUT2D eigenvalue weighted by molar-refractivity contribution is 6.00. The van der Waals surface area contributed by atoms with E-state index in [1.807, 2.05) is 25.9 Å². The van der Waals surface area contributed by atoms with Crippen molar-refractivity contribution in [2.75, 3.05) is 58.0 Å². The fourth-order valence-corrected chi connectivity index (χ4v) is 4.51. The van der Waals surface area contributed by atoms with Crippen molar-refractivity contribution in [3.8, 4) is 5.75 Å². The maximum atomic E-state index is 13.6. The molecule has 4 amide bonds. The van der Waals surface area contributed by atoms with Crippen LogP contribution in [-0.4, -0.2) is 102 Å². The summed E-state index contributed by atoms with van der Waals surface area (Å²) >= 11 is 0. The molecular weight excluding hydrogens is 516 g/mol. The van der Waals surface area contributed by atoms with E-state index in [1.54, 1.807) is 50.9 Å². The Morgan fingerprint density at radius 1 is 1.23 bits per heavy atom. The lowest BCUT2D eigenvalue weighted by Crippen LogP contribution is -2.50. The minimum absolute atomic E-state index is 0.140. The Bertz CT molecular complexity index is 1180. The quantitative estimate of drug-likeness (QED) is 0.404. The van der Waals surface area contributed by atoms with Gasteiger partial charge in [0.2, 0.25) is 5.91 Å². The highest BCUT2D eigenvalue weighted by Crippen LogP contribution is 2.31. The van der Waals surface area contributed by atoms with Gasteiger partial charge in [0.05, 0.1) is 24.8 Å². The van der Waals surface area contributed by atoms with Crippen LogP contribution in [0.2, 0.25) is 0 Å². The Labute approximate surface area is 235 Å². The summed E-state index contributed by atoms with van der Waals surface area (Å²) in [6, 6.07) is 4.19. The highest BCUT2D eigenvalue weighted by atomic mass is 16.5. The van der Waals surface area contributed by atoms with Gasteiger partial charge in [-0.2, -0.15) is 0 Å². The molecule has 0 radical (unpaired) electrons. The zero-order valence-corrected chi connectivity index (χ0v) is 24.5. The number of benzene rings is 1. The van der Waals surface area contributed by atoms with Gasteiger partial charge in [-0.25, -0.2) is 4.79 Å². The molecular formula is C28H42N6O6. The number of aliphatic hydroxyl groups is 1. The number of aryl methyl sites for hydroxylation is 2. The number of nitrogens with one attached hydrogen (secondary N) is 2. The second-order valence-electron chi connectivity index (χ2n) is 10.8. The zero-order valence-electron chi connectivity index (χ0n) is 24.5. The molecule has 40 heavy (non-hydrogen) atoms. The van der Waals surface area contributed by atoms with Crippen LogP contribution in [0.15, 0.2) is 22.7 Å². The van der Waals surface area contributed by atoms with Crippen LogP contribution in [0.5, 0.6) is 5.75 Å². The van der Waals surface area contributed by atoms with Gasteiger partial charge in [0.1, 0.15) is 23.2 Å². The smallest absolute Gasteiger partial charge is 0.321 e. The van der Waals surface area contributed by atoms with E-state index < -0.39 is 12.1 Å². The number of ether oxygens (including phenoxy) is 1.